The Balaban J connectivity index is 1.95. The number of nitriles is 1. The summed E-state index contributed by atoms with van der Waals surface area (Å²) in [6, 6.07) is 6.37. The van der Waals surface area contributed by atoms with E-state index in [1.807, 2.05) is 6.07 Å². The van der Waals surface area contributed by atoms with Crippen LogP contribution in [0.5, 0.6) is 0 Å². The zero-order valence-electron chi connectivity index (χ0n) is 10.2. The van der Waals surface area contributed by atoms with E-state index in [9.17, 15) is 4.39 Å². The first-order valence-corrected chi connectivity index (χ1v) is 6.92. The van der Waals surface area contributed by atoms with Crippen LogP contribution in [0.25, 0.3) is 0 Å². The molecule has 0 aliphatic heterocycles. The first-order chi connectivity index (χ1) is 9.17. The van der Waals surface area contributed by atoms with Gasteiger partial charge in [-0.25, -0.2) is 9.37 Å². The molecule has 0 saturated heterocycles. The lowest BCUT2D eigenvalue weighted by atomic mass is 10.0. The molecule has 3 nitrogen and oxygen atoms in total. The number of hydrogen-bond acceptors (Lipinski definition) is 4. The molecule has 1 aromatic heterocycles. The summed E-state index contributed by atoms with van der Waals surface area (Å²) in [6.07, 6.45) is 2.92. The van der Waals surface area contributed by atoms with Gasteiger partial charge in [-0.2, -0.15) is 5.26 Å². The predicted octanol–water partition coefficient (Wildman–Crippen LogP) is 3.20. The molecule has 1 aliphatic carbocycles. The molecule has 96 valence electrons. The van der Waals surface area contributed by atoms with Crippen molar-refractivity contribution in [1.82, 2.24) is 4.98 Å². The Morgan fingerprint density at radius 2 is 2.26 bits per heavy atom. The van der Waals surface area contributed by atoms with Crippen molar-refractivity contribution < 1.29 is 4.39 Å². The van der Waals surface area contributed by atoms with Crippen molar-refractivity contribution in [3.05, 3.63) is 45.7 Å². The van der Waals surface area contributed by atoms with Gasteiger partial charge in [-0.05, 0) is 30.5 Å². The fourth-order valence-corrected chi connectivity index (χ4v) is 3.11. The highest BCUT2D eigenvalue weighted by Crippen LogP contribution is 2.43. The van der Waals surface area contributed by atoms with Gasteiger partial charge in [0.05, 0.1) is 17.3 Å². The van der Waals surface area contributed by atoms with E-state index >= 15 is 0 Å². The summed E-state index contributed by atoms with van der Waals surface area (Å²) in [5.41, 5.74) is 8.05. The van der Waals surface area contributed by atoms with Crippen LogP contribution >= 0.6 is 11.3 Å². The highest BCUT2D eigenvalue weighted by molar-refractivity contribution is 7.15. The van der Waals surface area contributed by atoms with Crippen LogP contribution in [0.15, 0.2) is 18.2 Å². The molecule has 1 heterocycles. The first kappa shape index (κ1) is 12.1. The number of aromatic nitrogens is 1. The van der Waals surface area contributed by atoms with Gasteiger partial charge in [0.1, 0.15) is 5.82 Å². The maximum atomic E-state index is 13.1. The summed E-state index contributed by atoms with van der Waals surface area (Å²) >= 11 is 1.46. The van der Waals surface area contributed by atoms with Crippen molar-refractivity contribution in [2.45, 2.75) is 25.2 Å². The SMILES string of the molecule is N#Cc1cc(F)ccc1Cc1sc(N)nc1C1CC1. The molecule has 2 aromatic rings. The number of thiazole rings is 1. The third-order valence-corrected chi connectivity index (χ3v) is 4.15. The molecule has 1 fully saturated rings. The van der Waals surface area contributed by atoms with E-state index in [1.165, 1.54) is 23.5 Å². The van der Waals surface area contributed by atoms with E-state index in [4.69, 9.17) is 11.0 Å². The van der Waals surface area contributed by atoms with Crippen LogP contribution < -0.4 is 5.73 Å². The lowest BCUT2D eigenvalue weighted by molar-refractivity contribution is 0.626. The van der Waals surface area contributed by atoms with Gasteiger partial charge in [0.15, 0.2) is 5.13 Å². The van der Waals surface area contributed by atoms with Crippen LogP contribution in [0.3, 0.4) is 0 Å². The number of anilines is 1. The number of halogens is 1. The number of benzene rings is 1. The van der Waals surface area contributed by atoms with E-state index in [2.05, 4.69) is 4.98 Å². The van der Waals surface area contributed by atoms with Crippen molar-refractivity contribution >= 4 is 16.5 Å². The summed E-state index contributed by atoms with van der Waals surface area (Å²) in [7, 11) is 0. The zero-order chi connectivity index (χ0) is 13.4. The van der Waals surface area contributed by atoms with Crippen LogP contribution in [0.2, 0.25) is 0 Å². The maximum absolute atomic E-state index is 13.1. The first-order valence-electron chi connectivity index (χ1n) is 6.11. The molecule has 0 spiro atoms. The minimum atomic E-state index is -0.383. The fraction of sp³-hybridized carbons (Fsp3) is 0.286. The monoisotopic (exact) mass is 273 g/mol. The summed E-state index contributed by atoms with van der Waals surface area (Å²) in [5, 5.41) is 9.63. The van der Waals surface area contributed by atoms with E-state index in [0.29, 0.717) is 23.0 Å². The molecule has 0 amide bonds. The predicted molar refractivity (Wildman–Crippen MR) is 72.4 cm³/mol. The molecule has 0 radical (unpaired) electrons. The third-order valence-electron chi connectivity index (χ3n) is 3.25. The molecule has 1 aliphatic rings. The molecular weight excluding hydrogens is 261 g/mol. The van der Waals surface area contributed by atoms with Crippen molar-refractivity contribution in [2.75, 3.05) is 5.73 Å². The van der Waals surface area contributed by atoms with Crippen LogP contribution in [-0.4, -0.2) is 4.98 Å². The standard InChI is InChI=1S/C14H12FN3S/c15-11-4-3-9(10(5-11)7-16)6-12-13(8-1-2-8)18-14(17)19-12/h3-5,8H,1-2,6H2,(H2,17,18). The second-order valence-electron chi connectivity index (χ2n) is 4.72. The molecule has 0 unspecified atom stereocenters. The van der Waals surface area contributed by atoms with E-state index in [0.717, 1.165) is 29.0 Å². The number of nitrogen functional groups attached to an aromatic ring is 1. The Morgan fingerprint density at radius 3 is 2.95 bits per heavy atom. The summed E-state index contributed by atoms with van der Waals surface area (Å²) in [5.74, 6) is 0.140. The molecule has 3 rings (SSSR count). The van der Waals surface area contributed by atoms with Gasteiger partial charge in [-0.15, -0.1) is 11.3 Å². The van der Waals surface area contributed by atoms with Gasteiger partial charge >= 0.3 is 0 Å². The Labute approximate surface area is 114 Å². The lowest BCUT2D eigenvalue weighted by Gasteiger charge is -2.04. The molecule has 0 atom stereocenters. The Bertz CT molecular complexity index is 668. The normalized spacial score (nSPS) is 14.3. The summed E-state index contributed by atoms with van der Waals surface area (Å²) in [4.78, 5) is 5.48. The van der Waals surface area contributed by atoms with Crippen molar-refractivity contribution in [3.8, 4) is 6.07 Å². The molecule has 1 aromatic carbocycles. The Morgan fingerprint density at radius 1 is 1.47 bits per heavy atom. The van der Waals surface area contributed by atoms with Crippen molar-refractivity contribution in [2.24, 2.45) is 0 Å². The lowest BCUT2D eigenvalue weighted by Crippen LogP contribution is -1.95. The van der Waals surface area contributed by atoms with Crippen LogP contribution in [0.1, 0.15) is 40.5 Å². The maximum Gasteiger partial charge on any atom is 0.180 e. The zero-order valence-corrected chi connectivity index (χ0v) is 11.0. The van der Waals surface area contributed by atoms with E-state index in [1.54, 1.807) is 6.07 Å². The second-order valence-corrected chi connectivity index (χ2v) is 5.84. The van der Waals surface area contributed by atoms with Crippen LogP contribution in [0, 0.1) is 17.1 Å². The minimum Gasteiger partial charge on any atom is -0.375 e. The summed E-state index contributed by atoms with van der Waals surface area (Å²) < 4.78 is 13.1. The van der Waals surface area contributed by atoms with Crippen LogP contribution in [-0.2, 0) is 6.42 Å². The molecule has 0 bridgehead atoms. The number of rotatable bonds is 3. The average Bonchev–Trinajstić information content (AvgIpc) is 3.16. The average molecular weight is 273 g/mol. The van der Waals surface area contributed by atoms with Gasteiger partial charge < -0.3 is 5.73 Å². The highest BCUT2D eigenvalue weighted by Gasteiger charge is 2.29. The van der Waals surface area contributed by atoms with Gasteiger partial charge in [-0.1, -0.05) is 6.07 Å². The van der Waals surface area contributed by atoms with Crippen molar-refractivity contribution in [1.29, 1.82) is 5.26 Å². The topological polar surface area (TPSA) is 62.7 Å². The fourth-order valence-electron chi connectivity index (χ4n) is 2.16. The third kappa shape index (κ3) is 2.45. The molecular formula is C14H12FN3S. The van der Waals surface area contributed by atoms with Gasteiger partial charge in [0.25, 0.3) is 0 Å². The minimum absolute atomic E-state index is 0.383. The van der Waals surface area contributed by atoms with Gasteiger partial charge in [-0.3, -0.25) is 0 Å². The Kier molecular flexibility index (Phi) is 2.96. The van der Waals surface area contributed by atoms with Crippen LogP contribution in [0.4, 0.5) is 9.52 Å². The number of hydrogen-bond donors (Lipinski definition) is 1. The smallest absolute Gasteiger partial charge is 0.180 e. The largest absolute Gasteiger partial charge is 0.375 e. The molecule has 2 N–H and O–H groups in total. The van der Waals surface area contributed by atoms with Gasteiger partial charge in [0, 0.05) is 17.2 Å². The van der Waals surface area contributed by atoms with E-state index in [-0.39, 0.29) is 5.82 Å². The molecule has 19 heavy (non-hydrogen) atoms. The van der Waals surface area contributed by atoms with Crippen molar-refractivity contribution in [3.63, 3.8) is 0 Å². The second kappa shape index (κ2) is 4.63. The molecule has 1 saturated carbocycles. The highest BCUT2D eigenvalue weighted by atomic mass is 32.1. The van der Waals surface area contributed by atoms with Gasteiger partial charge in [0.2, 0.25) is 0 Å². The number of nitrogens with zero attached hydrogens (tertiary/aromatic N) is 2. The number of nitrogens with two attached hydrogens (primary N) is 1. The molecule has 5 heteroatoms. The summed E-state index contributed by atoms with van der Waals surface area (Å²) in [6.45, 7) is 0. The quantitative estimate of drug-likeness (QED) is 0.934. The van der Waals surface area contributed by atoms with E-state index < -0.39 is 0 Å². The Hall–Kier alpha value is -1.93.